The Morgan fingerprint density at radius 1 is 0.864 bits per heavy atom. The first-order chi connectivity index (χ1) is 10.3. The zero-order chi connectivity index (χ0) is 16.2. The van der Waals surface area contributed by atoms with Crippen LogP contribution in [-0.2, 0) is 0 Å². The minimum atomic E-state index is -5.96. The predicted octanol–water partition coefficient (Wildman–Crippen LogP) is 2.78. The molecule has 0 saturated heterocycles. The topological polar surface area (TPSA) is 13.1 Å². The van der Waals surface area contributed by atoms with Gasteiger partial charge in [-0.1, -0.05) is 30.0 Å². The van der Waals surface area contributed by atoms with Crippen molar-refractivity contribution in [3.63, 3.8) is 0 Å². The molecule has 1 aromatic heterocycles. The fraction of sp³-hybridized carbons (Fsp3) is 0.0714. The summed E-state index contributed by atoms with van der Waals surface area (Å²) < 4.78 is 65.5. The van der Waals surface area contributed by atoms with E-state index in [9.17, 15) is 21.8 Å². The van der Waals surface area contributed by atoms with Gasteiger partial charge >= 0.3 is 13.0 Å². The number of rotatable bonds is 2. The number of halogens is 5. The van der Waals surface area contributed by atoms with Gasteiger partial charge in [0.2, 0.25) is 12.4 Å². The lowest BCUT2D eigenvalue weighted by molar-refractivity contribution is -0.868. The second-order valence-corrected chi connectivity index (χ2v) is 4.31. The third-order valence-corrected chi connectivity index (χ3v) is 2.56. The average molecular weight is 313 g/mol. The van der Waals surface area contributed by atoms with E-state index in [1.807, 2.05) is 6.07 Å². The minimum Gasteiger partial charge on any atom is -0.432 e. The third kappa shape index (κ3) is 3.98. The Morgan fingerprint density at radius 2 is 1.36 bits per heavy atom. The van der Waals surface area contributed by atoms with Gasteiger partial charge in [-0.15, -0.1) is 0 Å². The summed E-state index contributed by atoms with van der Waals surface area (Å²) in [5.41, 5.74) is 1.20. The molecular formula is C14H9BF5NO. The molecule has 0 amide bonds. The minimum absolute atomic E-state index is 0.307. The molecule has 22 heavy (non-hydrogen) atoms. The number of hydrogen-bond acceptors (Lipinski definition) is 1. The quantitative estimate of drug-likeness (QED) is 0.360. The Morgan fingerprint density at radius 3 is 1.86 bits per heavy atom. The smallest absolute Gasteiger partial charge is 0.432 e. The van der Waals surface area contributed by atoms with Crippen molar-refractivity contribution in [2.45, 2.75) is 6.08 Å². The van der Waals surface area contributed by atoms with Crippen LogP contribution in [0.4, 0.5) is 21.8 Å². The third-order valence-electron chi connectivity index (χ3n) is 2.56. The van der Waals surface area contributed by atoms with Crippen LogP contribution < -0.4 is 9.49 Å². The molecule has 0 spiro atoms. The molecule has 114 valence electrons. The highest BCUT2D eigenvalue weighted by atomic mass is 19.4. The molecule has 0 aliphatic rings. The first-order valence-electron chi connectivity index (χ1n) is 6.13. The van der Waals surface area contributed by atoms with Gasteiger partial charge in [0.05, 0.1) is 0 Å². The first-order valence-corrected chi connectivity index (χ1v) is 6.13. The summed E-state index contributed by atoms with van der Waals surface area (Å²) in [5, 5.41) is 0. The highest BCUT2D eigenvalue weighted by Gasteiger charge is 2.60. The zero-order valence-electron chi connectivity index (χ0n) is 11.0. The maximum Gasteiger partial charge on any atom is 0.658 e. The van der Waals surface area contributed by atoms with Crippen LogP contribution >= 0.6 is 0 Å². The normalized spacial score (nSPS) is 11.5. The van der Waals surface area contributed by atoms with Crippen LogP contribution in [0.1, 0.15) is 11.1 Å². The Labute approximate surface area is 123 Å². The van der Waals surface area contributed by atoms with E-state index in [1.165, 1.54) is 12.1 Å². The largest absolute Gasteiger partial charge is 0.658 e. The van der Waals surface area contributed by atoms with E-state index in [4.69, 9.17) is 0 Å². The molecular weight excluding hydrogens is 304 g/mol. The van der Waals surface area contributed by atoms with Gasteiger partial charge in [0.1, 0.15) is 0 Å². The van der Waals surface area contributed by atoms with Crippen molar-refractivity contribution in [1.82, 2.24) is 0 Å². The first kappa shape index (κ1) is 15.8. The van der Waals surface area contributed by atoms with Gasteiger partial charge < -0.3 is 13.4 Å². The van der Waals surface area contributed by atoms with Crippen molar-refractivity contribution in [3.8, 4) is 11.8 Å². The highest BCUT2D eigenvalue weighted by Crippen LogP contribution is 2.28. The van der Waals surface area contributed by atoms with E-state index in [1.54, 1.807) is 24.3 Å². The van der Waals surface area contributed by atoms with E-state index in [2.05, 4.69) is 16.6 Å². The number of hydrogen-bond donors (Lipinski definition) is 0. The molecule has 0 aliphatic carbocycles. The Bertz CT molecular complexity index is 689. The maximum atomic E-state index is 12.8. The average Bonchev–Trinajstić information content (AvgIpc) is 2.46. The van der Waals surface area contributed by atoms with E-state index in [0.717, 1.165) is 18.0 Å². The Balaban J connectivity index is 2.10. The molecule has 0 saturated carbocycles. The van der Waals surface area contributed by atoms with Crippen molar-refractivity contribution < 1.29 is 31.3 Å². The summed E-state index contributed by atoms with van der Waals surface area (Å²) in [6.45, 7) is -5.96. The molecule has 0 unspecified atom stereocenters. The zero-order valence-corrected chi connectivity index (χ0v) is 11.0. The summed E-state index contributed by atoms with van der Waals surface area (Å²) in [4.78, 5) is 0. The molecule has 0 radical (unpaired) electrons. The van der Waals surface area contributed by atoms with Crippen LogP contribution in [0.2, 0.25) is 0 Å². The molecule has 1 aromatic carbocycles. The van der Waals surface area contributed by atoms with Crippen LogP contribution in [0, 0.1) is 11.8 Å². The number of benzene rings is 1. The number of aromatic nitrogens is 1. The van der Waals surface area contributed by atoms with Gasteiger partial charge in [0.25, 0.3) is 0 Å². The maximum absolute atomic E-state index is 12.8. The molecule has 2 nitrogen and oxygen atoms in total. The van der Waals surface area contributed by atoms with E-state index in [-0.39, 0.29) is 0 Å². The lowest BCUT2D eigenvalue weighted by Gasteiger charge is -2.22. The fourth-order valence-corrected chi connectivity index (χ4v) is 1.44. The van der Waals surface area contributed by atoms with Gasteiger partial charge in [0.15, 0.2) is 0 Å². The van der Waals surface area contributed by atoms with Crippen LogP contribution in [-0.4, -0.2) is 13.0 Å². The van der Waals surface area contributed by atoms with Crippen molar-refractivity contribution in [2.24, 2.45) is 0 Å². The van der Waals surface area contributed by atoms with Crippen molar-refractivity contribution in [2.75, 3.05) is 0 Å². The SMILES string of the molecule is F[B-](F)(O[n+]1ccc(C#Cc2ccccc2)cc1)C(F)(F)F. The van der Waals surface area contributed by atoms with Crippen LogP contribution in [0.5, 0.6) is 0 Å². The lowest BCUT2D eigenvalue weighted by Crippen LogP contribution is -2.61. The van der Waals surface area contributed by atoms with Crippen molar-refractivity contribution in [1.29, 1.82) is 0 Å². The standard InChI is InChI=1S/C14H9BF5NO/c16-14(17,18)15(19,20)22-21-10-8-13(9-11-21)7-6-12-4-2-1-3-5-12/h1-5,8-11H. The van der Waals surface area contributed by atoms with Gasteiger partial charge in [0, 0.05) is 23.3 Å². The summed E-state index contributed by atoms with van der Waals surface area (Å²) >= 11 is 0. The molecule has 0 N–H and O–H groups in total. The van der Waals surface area contributed by atoms with Crippen molar-refractivity contribution >= 4 is 6.90 Å². The summed E-state index contributed by atoms with van der Waals surface area (Å²) in [7, 11) is 0. The molecule has 2 aromatic rings. The molecule has 2 rings (SSSR count). The fourth-order valence-electron chi connectivity index (χ4n) is 1.44. The van der Waals surface area contributed by atoms with Gasteiger partial charge in [-0.2, -0.15) is 0 Å². The van der Waals surface area contributed by atoms with Crippen LogP contribution in [0.15, 0.2) is 54.9 Å². The molecule has 0 fully saturated rings. The van der Waals surface area contributed by atoms with Gasteiger partial charge in [-0.3, -0.25) is 0 Å². The number of pyridine rings is 1. The highest BCUT2D eigenvalue weighted by molar-refractivity contribution is 6.61. The second kappa shape index (κ2) is 6.06. The summed E-state index contributed by atoms with van der Waals surface area (Å²) in [5.74, 6) is 5.59. The van der Waals surface area contributed by atoms with Gasteiger partial charge in [-0.25, -0.2) is 13.2 Å². The van der Waals surface area contributed by atoms with Gasteiger partial charge in [-0.05, 0) is 16.9 Å². The summed E-state index contributed by atoms with van der Waals surface area (Å²) in [6, 6.07) is 11.6. The number of alkyl halides is 3. The molecule has 0 bridgehead atoms. The van der Waals surface area contributed by atoms with E-state index in [0.29, 0.717) is 10.3 Å². The molecule has 0 atom stereocenters. The monoisotopic (exact) mass is 313 g/mol. The van der Waals surface area contributed by atoms with E-state index < -0.39 is 13.0 Å². The molecule has 8 heteroatoms. The molecule has 0 aliphatic heterocycles. The Hall–Kier alpha value is -2.56. The van der Waals surface area contributed by atoms with Crippen LogP contribution in [0.3, 0.4) is 0 Å². The molecule has 1 heterocycles. The van der Waals surface area contributed by atoms with Crippen molar-refractivity contribution in [3.05, 3.63) is 66.0 Å². The Kier molecular flexibility index (Phi) is 4.36. The van der Waals surface area contributed by atoms with E-state index >= 15 is 0 Å². The number of nitrogens with zero attached hydrogens (tertiary/aromatic N) is 1. The second-order valence-electron chi connectivity index (χ2n) is 4.31. The predicted molar refractivity (Wildman–Crippen MR) is 69.7 cm³/mol. The summed E-state index contributed by atoms with van der Waals surface area (Å²) in [6.07, 6.45) is -3.84. The van der Waals surface area contributed by atoms with Crippen LogP contribution in [0.25, 0.3) is 0 Å². The lowest BCUT2D eigenvalue weighted by atomic mass is 9.87.